The largest absolute Gasteiger partial charge is 0.507 e. The monoisotopic (exact) mass is 417 g/mol. The maximum Gasteiger partial charge on any atom is 0.295 e. The number of nitrogens with zero attached hydrogens (tertiary/aromatic N) is 1. The molecule has 1 amide bonds. The van der Waals surface area contributed by atoms with Crippen LogP contribution in [0.3, 0.4) is 0 Å². The fourth-order valence-corrected chi connectivity index (χ4v) is 3.57. The summed E-state index contributed by atoms with van der Waals surface area (Å²) in [6.07, 6.45) is 1.52. The maximum absolute atomic E-state index is 13.8. The zero-order chi connectivity index (χ0) is 21.1. The summed E-state index contributed by atoms with van der Waals surface area (Å²) < 4.78 is 19.0. The molecule has 1 fully saturated rings. The fourth-order valence-electron chi connectivity index (χ4n) is 3.44. The molecule has 1 aliphatic rings. The highest BCUT2D eigenvalue weighted by molar-refractivity contribution is 6.46. The van der Waals surface area contributed by atoms with Gasteiger partial charge in [0.1, 0.15) is 17.3 Å². The van der Waals surface area contributed by atoms with Crippen molar-refractivity contribution < 1.29 is 23.8 Å². The number of benzene rings is 2. The van der Waals surface area contributed by atoms with Crippen molar-refractivity contribution in [2.24, 2.45) is 0 Å². The summed E-state index contributed by atoms with van der Waals surface area (Å²) in [5.41, 5.74) is 0.541. The van der Waals surface area contributed by atoms with Crippen LogP contribution in [-0.2, 0) is 9.59 Å². The average Bonchev–Trinajstić information content (AvgIpc) is 2.97. The summed E-state index contributed by atoms with van der Waals surface area (Å²) in [6.45, 7) is 2.33. The van der Waals surface area contributed by atoms with Gasteiger partial charge in [-0.3, -0.25) is 9.59 Å². The summed E-state index contributed by atoms with van der Waals surface area (Å²) in [4.78, 5) is 27.0. The second kappa shape index (κ2) is 8.66. The first-order chi connectivity index (χ1) is 13.9. The number of aliphatic hydroxyl groups excluding tert-OH is 1. The van der Waals surface area contributed by atoms with Crippen LogP contribution in [-0.4, -0.2) is 35.4 Å². The van der Waals surface area contributed by atoms with Crippen LogP contribution in [0.5, 0.6) is 5.75 Å². The first-order valence-electron chi connectivity index (χ1n) is 9.26. The summed E-state index contributed by atoms with van der Waals surface area (Å²) in [5, 5.41) is 11.5. The molecule has 1 atom stereocenters. The van der Waals surface area contributed by atoms with E-state index in [0.717, 1.165) is 12.5 Å². The summed E-state index contributed by atoms with van der Waals surface area (Å²) in [5.74, 6) is -2.40. The molecule has 0 aromatic heterocycles. The number of methoxy groups -OCH3 is 1. The standard InChI is InChI=1S/C22H21ClFNO4/c1-3-4-11-25-19(13-5-7-14(23)8-6-13)18(21(27)22(25)28)20(26)16-12-15(24)9-10-17(16)29-2/h5-10,12,19,26H,3-4,11H2,1-2H3/b20-18+. The van der Waals surface area contributed by atoms with Crippen LogP contribution in [0.25, 0.3) is 5.76 Å². The Hall–Kier alpha value is -2.86. The minimum Gasteiger partial charge on any atom is -0.507 e. The van der Waals surface area contributed by atoms with Crippen LogP contribution in [0.1, 0.15) is 36.9 Å². The second-order valence-electron chi connectivity index (χ2n) is 6.74. The van der Waals surface area contributed by atoms with Gasteiger partial charge in [-0.15, -0.1) is 0 Å². The van der Waals surface area contributed by atoms with E-state index in [4.69, 9.17) is 16.3 Å². The molecule has 1 N–H and O–H groups in total. The van der Waals surface area contributed by atoms with E-state index in [0.29, 0.717) is 23.6 Å². The molecule has 0 aliphatic carbocycles. The molecule has 1 unspecified atom stereocenters. The molecule has 5 nitrogen and oxygen atoms in total. The van der Waals surface area contributed by atoms with E-state index in [1.165, 1.54) is 24.1 Å². The van der Waals surface area contributed by atoms with Gasteiger partial charge in [0.15, 0.2) is 0 Å². The molecule has 1 saturated heterocycles. The minimum absolute atomic E-state index is 0.0138. The lowest BCUT2D eigenvalue weighted by molar-refractivity contribution is -0.139. The topological polar surface area (TPSA) is 66.8 Å². The number of unbranched alkanes of at least 4 members (excludes halogenated alkanes) is 1. The lowest BCUT2D eigenvalue weighted by atomic mass is 9.95. The van der Waals surface area contributed by atoms with Crippen molar-refractivity contribution in [3.05, 3.63) is 70.0 Å². The zero-order valence-electron chi connectivity index (χ0n) is 16.1. The van der Waals surface area contributed by atoms with Gasteiger partial charge in [0.25, 0.3) is 11.7 Å². The van der Waals surface area contributed by atoms with Crippen molar-refractivity contribution in [3.8, 4) is 5.75 Å². The number of amides is 1. The Kier molecular flexibility index (Phi) is 6.23. The minimum atomic E-state index is -0.815. The normalized spacial score (nSPS) is 18.3. The highest BCUT2D eigenvalue weighted by Crippen LogP contribution is 2.41. The van der Waals surface area contributed by atoms with Crippen molar-refractivity contribution in [1.29, 1.82) is 0 Å². The molecule has 7 heteroatoms. The Balaban J connectivity index is 2.22. The highest BCUT2D eigenvalue weighted by Gasteiger charge is 2.46. The number of ketones is 1. The molecule has 2 aromatic carbocycles. The van der Waals surface area contributed by atoms with E-state index in [-0.39, 0.29) is 16.9 Å². The Bertz CT molecular complexity index is 971. The summed E-state index contributed by atoms with van der Waals surface area (Å²) in [7, 11) is 1.38. The first kappa shape index (κ1) is 20.9. The number of ether oxygens (including phenoxy) is 1. The quantitative estimate of drug-likeness (QED) is 0.420. The number of hydrogen-bond acceptors (Lipinski definition) is 4. The molecular formula is C22H21ClFNO4. The van der Waals surface area contributed by atoms with Crippen LogP contribution in [0.15, 0.2) is 48.0 Å². The molecule has 0 radical (unpaired) electrons. The van der Waals surface area contributed by atoms with Crippen molar-refractivity contribution in [2.45, 2.75) is 25.8 Å². The van der Waals surface area contributed by atoms with Gasteiger partial charge < -0.3 is 14.7 Å². The Labute approximate surface area is 173 Å². The van der Waals surface area contributed by atoms with E-state index in [1.807, 2.05) is 6.92 Å². The van der Waals surface area contributed by atoms with Gasteiger partial charge in [-0.05, 0) is 42.3 Å². The predicted octanol–water partition coefficient (Wildman–Crippen LogP) is 4.71. The lowest BCUT2D eigenvalue weighted by Crippen LogP contribution is -2.30. The van der Waals surface area contributed by atoms with Crippen LogP contribution in [0.4, 0.5) is 4.39 Å². The number of carbonyl (C=O) groups excluding carboxylic acids is 2. The molecule has 2 aromatic rings. The zero-order valence-corrected chi connectivity index (χ0v) is 16.9. The van der Waals surface area contributed by atoms with E-state index in [2.05, 4.69) is 0 Å². The molecule has 0 spiro atoms. The molecule has 152 valence electrons. The van der Waals surface area contributed by atoms with E-state index in [9.17, 15) is 19.1 Å². The smallest absolute Gasteiger partial charge is 0.295 e. The van der Waals surface area contributed by atoms with Gasteiger partial charge in [0.2, 0.25) is 0 Å². The number of rotatable bonds is 6. The number of likely N-dealkylation sites (tertiary alicyclic amines) is 1. The van der Waals surface area contributed by atoms with E-state index >= 15 is 0 Å². The van der Waals surface area contributed by atoms with Crippen molar-refractivity contribution >= 4 is 29.1 Å². The highest BCUT2D eigenvalue weighted by atomic mass is 35.5. The Morgan fingerprint density at radius 2 is 1.90 bits per heavy atom. The number of halogens is 2. The molecular weight excluding hydrogens is 397 g/mol. The molecule has 0 bridgehead atoms. The fraction of sp³-hybridized carbons (Fsp3) is 0.273. The molecule has 3 rings (SSSR count). The SMILES string of the molecule is CCCCN1C(=O)C(=O)/C(=C(/O)c2cc(F)ccc2OC)C1c1ccc(Cl)cc1. The van der Waals surface area contributed by atoms with Crippen molar-refractivity contribution in [3.63, 3.8) is 0 Å². The number of aliphatic hydroxyl groups is 1. The van der Waals surface area contributed by atoms with E-state index < -0.39 is 29.3 Å². The van der Waals surface area contributed by atoms with Crippen LogP contribution in [0.2, 0.25) is 5.02 Å². The van der Waals surface area contributed by atoms with Crippen molar-refractivity contribution in [1.82, 2.24) is 4.90 Å². The number of hydrogen-bond donors (Lipinski definition) is 1. The van der Waals surface area contributed by atoms with Gasteiger partial charge in [-0.25, -0.2) is 4.39 Å². The number of carbonyl (C=O) groups is 2. The predicted molar refractivity (Wildman–Crippen MR) is 108 cm³/mol. The molecule has 1 aliphatic heterocycles. The van der Waals surface area contributed by atoms with Gasteiger partial charge in [0, 0.05) is 11.6 Å². The van der Waals surface area contributed by atoms with Gasteiger partial charge in [-0.1, -0.05) is 37.1 Å². The van der Waals surface area contributed by atoms with Gasteiger partial charge >= 0.3 is 0 Å². The first-order valence-corrected chi connectivity index (χ1v) is 9.64. The van der Waals surface area contributed by atoms with E-state index in [1.54, 1.807) is 24.3 Å². The van der Waals surface area contributed by atoms with Gasteiger partial charge in [0.05, 0.1) is 24.3 Å². The Morgan fingerprint density at radius 3 is 2.52 bits per heavy atom. The second-order valence-corrected chi connectivity index (χ2v) is 7.18. The van der Waals surface area contributed by atoms with Crippen LogP contribution >= 0.6 is 11.6 Å². The third-order valence-corrected chi connectivity index (χ3v) is 5.15. The third kappa shape index (κ3) is 3.98. The average molecular weight is 418 g/mol. The molecule has 1 heterocycles. The Morgan fingerprint density at radius 1 is 1.21 bits per heavy atom. The summed E-state index contributed by atoms with van der Waals surface area (Å²) >= 11 is 5.98. The van der Waals surface area contributed by atoms with Crippen LogP contribution < -0.4 is 4.74 Å². The molecule has 0 saturated carbocycles. The number of Topliss-reactive ketones (excluding diaryl/α,β-unsaturated/α-hetero) is 1. The van der Waals surface area contributed by atoms with Crippen molar-refractivity contribution in [2.75, 3.05) is 13.7 Å². The third-order valence-electron chi connectivity index (χ3n) is 4.89. The van der Waals surface area contributed by atoms with Gasteiger partial charge in [-0.2, -0.15) is 0 Å². The molecule has 29 heavy (non-hydrogen) atoms. The lowest BCUT2D eigenvalue weighted by Gasteiger charge is -2.25. The van der Waals surface area contributed by atoms with Crippen LogP contribution in [0, 0.1) is 5.82 Å². The maximum atomic E-state index is 13.8. The summed E-state index contributed by atoms with van der Waals surface area (Å²) in [6, 6.07) is 9.53.